The van der Waals surface area contributed by atoms with Gasteiger partial charge in [-0.05, 0) is 20.8 Å². The molecular weight excluding hydrogens is 276 g/mol. The highest BCUT2D eigenvalue weighted by atomic mass is 35.5. The third-order valence-corrected chi connectivity index (χ3v) is 3.17. The SMILES string of the molecule is CCOC(=O)/C=C(\Cl)[C@H]1O[C@@H](O)[C@@H]2OC(C)(C)O[C@@H]21. The predicted molar refractivity (Wildman–Crippen MR) is 65.3 cm³/mol. The van der Waals surface area contributed by atoms with Gasteiger partial charge in [0.2, 0.25) is 0 Å². The molecule has 4 atom stereocenters. The van der Waals surface area contributed by atoms with E-state index in [1.165, 1.54) is 0 Å². The molecule has 0 aliphatic carbocycles. The molecule has 2 aliphatic heterocycles. The summed E-state index contributed by atoms with van der Waals surface area (Å²) < 4.78 is 21.2. The average Bonchev–Trinajstić information content (AvgIpc) is 2.74. The monoisotopic (exact) mass is 292 g/mol. The molecule has 19 heavy (non-hydrogen) atoms. The van der Waals surface area contributed by atoms with E-state index in [2.05, 4.69) is 0 Å². The molecule has 6 nitrogen and oxygen atoms in total. The van der Waals surface area contributed by atoms with Crippen molar-refractivity contribution in [2.24, 2.45) is 0 Å². The highest BCUT2D eigenvalue weighted by molar-refractivity contribution is 6.31. The van der Waals surface area contributed by atoms with Gasteiger partial charge in [0.15, 0.2) is 12.1 Å². The first-order valence-corrected chi connectivity index (χ1v) is 6.45. The zero-order valence-electron chi connectivity index (χ0n) is 11.0. The van der Waals surface area contributed by atoms with Gasteiger partial charge in [0.05, 0.1) is 11.6 Å². The fourth-order valence-corrected chi connectivity index (χ4v) is 2.44. The van der Waals surface area contributed by atoms with Gasteiger partial charge in [0.1, 0.15) is 18.3 Å². The number of carbonyl (C=O) groups is 1. The summed E-state index contributed by atoms with van der Waals surface area (Å²) in [5.74, 6) is -1.38. The Bertz CT molecular complexity index is 394. The van der Waals surface area contributed by atoms with Crippen LogP contribution in [0.3, 0.4) is 0 Å². The molecule has 2 heterocycles. The Balaban J connectivity index is 2.11. The second kappa shape index (κ2) is 5.38. The molecule has 7 heteroatoms. The summed E-state index contributed by atoms with van der Waals surface area (Å²) in [5.41, 5.74) is 0. The molecule has 2 saturated heterocycles. The third-order valence-electron chi connectivity index (χ3n) is 2.84. The molecule has 0 aromatic rings. The number of rotatable bonds is 3. The number of halogens is 1. The second-order valence-corrected chi connectivity index (χ2v) is 5.23. The zero-order chi connectivity index (χ0) is 14.2. The summed E-state index contributed by atoms with van der Waals surface area (Å²) in [6.07, 6.45) is -1.93. The maximum Gasteiger partial charge on any atom is 0.332 e. The number of aliphatic hydroxyl groups excluding tert-OH is 1. The minimum Gasteiger partial charge on any atom is -0.463 e. The highest BCUT2D eigenvalue weighted by Crippen LogP contribution is 2.40. The molecule has 2 fully saturated rings. The topological polar surface area (TPSA) is 74.2 Å². The summed E-state index contributed by atoms with van der Waals surface area (Å²) in [6, 6.07) is 0. The molecule has 0 saturated carbocycles. The van der Waals surface area contributed by atoms with Crippen molar-refractivity contribution in [3.8, 4) is 0 Å². The van der Waals surface area contributed by atoms with Gasteiger partial charge in [-0.2, -0.15) is 0 Å². The Morgan fingerprint density at radius 2 is 2.05 bits per heavy atom. The van der Waals surface area contributed by atoms with Crippen molar-refractivity contribution in [1.29, 1.82) is 0 Å². The van der Waals surface area contributed by atoms with E-state index >= 15 is 0 Å². The van der Waals surface area contributed by atoms with Crippen LogP contribution in [0.15, 0.2) is 11.1 Å². The zero-order valence-corrected chi connectivity index (χ0v) is 11.7. The fourth-order valence-electron chi connectivity index (χ4n) is 2.18. The number of hydrogen-bond acceptors (Lipinski definition) is 6. The first-order chi connectivity index (χ1) is 8.84. The number of carbonyl (C=O) groups excluding carboxylic acids is 1. The summed E-state index contributed by atoms with van der Waals surface area (Å²) in [5, 5.41) is 9.88. The smallest absolute Gasteiger partial charge is 0.332 e. The van der Waals surface area contributed by atoms with Crippen molar-refractivity contribution in [3.63, 3.8) is 0 Å². The number of hydrogen-bond donors (Lipinski definition) is 1. The average molecular weight is 293 g/mol. The van der Waals surface area contributed by atoms with Crippen LogP contribution in [-0.4, -0.2) is 48.1 Å². The predicted octanol–water partition coefficient (Wildman–Crippen LogP) is 0.909. The van der Waals surface area contributed by atoms with Crippen LogP contribution in [0.2, 0.25) is 0 Å². The number of ether oxygens (including phenoxy) is 4. The van der Waals surface area contributed by atoms with E-state index in [1.54, 1.807) is 20.8 Å². The van der Waals surface area contributed by atoms with Crippen LogP contribution in [0.1, 0.15) is 20.8 Å². The van der Waals surface area contributed by atoms with Crippen molar-refractivity contribution >= 4 is 17.6 Å². The second-order valence-electron chi connectivity index (χ2n) is 4.79. The third kappa shape index (κ3) is 3.09. The van der Waals surface area contributed by atoms with Gasteiger partial charge in [0, 0.05) is 6.08 Å². The van der Waals surface area contributed by atoms with Crippen LogP contribution in [0.4, 0.5) is 0 Å². The van der Waals surface area contributed by atoms with Gasteiger partial charge < -0.3 is 24.1 Å². The van der Waals surface area contributed by atoms with Gasteiger partial charge in [-0.15, -0.1) is 0 Å². The van der Waals surface area contributed by atoms with Gasteiger partial charge in [-0.1, -0.05) is 11.6 Å². The maximum absolute atomic E-state index is 11.3. The molecule has 0 radical (unpaired) electrons. The molecule has 0 aromatic heterocycles. The molecule has 2 aliphatic rings. The number of aliphatic hydroxyl groups is 1. The minimum atomic E-state index is -1.14. The normalized spacial score (nSPS) is 37.2. The van der Waals surface area contributed by atoms with Crippen LogP contribution in [0, 0.1) is 0 Å². The Morgan fingerprint density at radius 1 is 1.42 bits per heavy atom. The summed E-state index contributed by atoms with van der Waals surface area (Å²) in [6.45, 7) is 5.42. The molecule has 0 bridgehead atoms. The standard InChI is InChI=1S/C12H17ClO6/c1-4-16-7(14)5-6(13)8-9-10(11(15)17-8)19-12(2,3)18-9/h5,8-11,15H,4H2,1-3H3/b6-5-/t8-,9-,10-,11-/m1/s1. The van der Waals surface area contributed by atoms with Gasteiger partial charge in [-0.3, -0.25) is 0 Å². The molecular formula is C12H17ClO6. The van der Waals surface area contributed by atoms with E-state index < -0.39 is 36.4 Å². The number of fused-ring (bicyclic) bond motifs is 1. The number of esters is 1. The molecule has 2 rings (SSSR count). The lowest BCUT2D eigenvalue weighted by Gasteiger charge is -2.22. The summed E-state index contributed by atoms with van der Waals surface area (Å²) >= 11 is 6.03. The van der Waals surface area contributed by atoms with Crippen LogP contribution >= 0.6 is 11.6 Å². The Hall–Kier alpha value is -0.660. The lowest BCUT2D eigenvalue weighted by molar-refractivity contribution is -0.214. The van der Waals surface area contributed by atoms with E-state index in [0.717, 1.165) is 6.08 Å². The molecule has 1 N–H and O–H groups in total. The molecule has 108 valence electrons. The van der Waals surface area contributed by atoms with Crippen LogP contribution in [0.5, 0.6) is 0 Å². The Kier molecular flexibility index (Phi) is 4.17. The van der Waals surface area contributed by atoms with Crippen molar-refractivity contribution in [3.05, 3.63) is 11.1 Å². The molecule has 0 spiro atoms. The first kappa shape index (κ1) is 14.7. The van der Waals surface area contributed by atoms with Crippen molar-refractivity contribution in [2.75, 3.05) is 6.61 Å². The van der Waals surface area contributed by atoms with Gasteiger partial charge >= 0.3 is 5.97 Å². The van der Waals surface area contributed by atoms with Crippen molar-refractivity contribution in [1.82, 2.24) is 0 Å². The van der Waals surface area contributed by atoms with E-state index in [9.17, 15) is 9.90 Å². The Morgan fingerprint density at radius 3 is 2.68 bits per heavy atom. The lowest BCUT2D eigenvalue weighted by Crippen LogP contribution is -2.30. The van der Waals surface area contributed by atoms with Crippen molar-refractivity contribution in [2.45, 2.75) is 51.2 Å². The van der Waals surface area contributed by atoms with E-state index in [4.69, 9.17) is 30.5 Å². The molecule has 0 amide bonds. The van der Waals surface area contributed by atoms with Gasteiger partial charge in [-0.25, -0.2) is 4.79 Å². The van der Waals surface area contributed by atoms with Crippen LogP contribution < -0.4 is 0 Å². The lowest BCUT2D eigenvalue weighted by atomic mass is 10.1. The highest BCUT2D eigenvalue weighted by Gasteiger charge is 2.55. The van der Waals surface area contributed by atoms with Crippen LogP contribution in [-0.2, 0) is 23.7 Å². The maximum atomic E-state index is 11.3. The Labute approximate surface area is 116 Å². The minimum absolute atomic E-state index is 0.117. The largest absolute Gasteiger partial charge is 0.463 e. The van der Waals surface area contributed by atoms with Gasteiger partial charge in [0.25, 0.3) is 0 Å². The summed E-state index contributed by atoms with van der Waals surface area (Å²) in [7, 11) is 0. The van der Waals surface area contributed by atoms with E-state index in [1.807, 2.05) is 0 Å². The van der Waals surface area contributed by atoms with Crippen molar-refractivity contribution < 1.29 is 28.8 Å². The van der Waals surface area contributed by atoms with E-state index in [0.29, 0.717) is 0 Å². The van der Waals surface area contributed by atoms with E-state index in [-0.39, 0.29) is 11.6 Å². The quantitative estimate of drug-likeness (QED) is 0.616. The fraction of sp³-hybridized carbons (Fsp3) is 0.750. The molecule has 0 aromatic carbocycles. The first-order valence-electron chi connectivity index (χ1n) is 6.07. The van der Waals surface area contributed by atoms with Crippen LogP contribution in [0.25, 0.3) is 0 Å². The molecule has 0 unspecified atom stereocenters. The summed E-state index contributed by atoms with van der Waals surface area (Å²) in [4.78, 5) is 11.3.